The van der Waals surface area contributed by atoms with Crippen LogP contribution in [0.25, 0.3) is 11.0 Å². The van der Waals surface area contributed by atoms with Crippen molar-refractivity contribution in [2.24, 2.45) is 0 Å². The van der Waals surface area contributed by atoms with Gasteiger partial charge >= 0.3 is 5.63 Å². The first kappa shape index (κ1) is 29.1. The zero-order valence-electron chi connectivity index (χ0n) is 22.9. The van der Waals surface area contributed by atoms with E-state index < -0.39 is 13.9 Å². The number of nitrogens with one attached hydrogen (secondary N) is 1. The van der Waals surface area contributed by atoms with Crippen molar-refractivity contribution < 1.29 is 13.6 Å². The molecule has 1 aromatic heterocycles. The van der Waals surface area contributed by atoms with Gasteiger partial charge in [-0.1, -0.05) is 85.5 Å². The number of fused-ring (bicyclic) bond motifs is 1. The molecule has 0 aliphatic heterocycles. The van der Waals surface area contributed by atoms with Crippen LogP contribution < -0.4 is 15.4 Å². The second kappa shape index (κ2) is 13.9. The Morgan fingerprint density at radius 2 is 1.54 bits per heavy atom. The van der Waals surface area contributed by atoms with Crippen LogP contribution in [0.3, 0.4) is 0 Å². The van der Waals surface area contributed by atoms with E-state index in [4.69, 9.17) is 8.84 Å². The molecule has 0 spiro atoms. The number of amides is 1. The van der Waals surface area contributed by atoms with Crippen molar-refractivity contribution in [2.45, 2.75) is 116 Å². The zero-order valence-corrected chi connectivity index (χ0v) is 23.9. The number of rotatable bonds is 15. The Bertz CT molecular complexity index is 990. The molecule has 1 amide bonds. The monoisotopic (exact) mass is 501 g/mol. The van der Waals surface area contributed by atoms with E-state index in [0.717, 1.165) is 18.2 Å². The van der Waals surface area contributed by atoms with Gasteiger partial charge in [0.25, 0.3) is 0 Å². The maximum absolute atomic E-state index is 12.5. The fourth-order valence-electron chi connectivity index (χ4n) is 3.94. The van der Waals surface area contributed by atoms with Gasteiger partial charge < -0.3 is 14.2 Å². The minimum Gasteiger partial charge on any atom is -0.543 e. The molecule has 0 radical (unpaired) electrons. The van der Waals surface area contributed by atoms with E-state index in [1.165, 1.54) is 57.4 Å². The molecule has 1 aromatic carbocycles. The number of hydrogen-bond donors (Lipinski definition) is 1. The summed E-state index contributed by atoms with van der Waals surface area (Å²) in [6.45, 7) is 13.9. The lowest BCUT2D eigenvalue weighted by Gasteiger charge is -2.36. The van der Waals surface area contributed by atoms with Crippen molar-refractivity contribution in [3.8, 4) is 5.75 Å². The third kappa shape index (κ3) is 9.83. The average molecular weight is 502 g/mol. The Kier molecular flexibility index (Phi) is 11.5. The molecule has 5 nitrogen and oxygen atoms in total. The molecule has 6 heteroatoms. The number of hydrogen-bond acceptors (Lipinski definition) is 4. The number of carbonyl (C=O) groups excluding carboxylic acids is 1. The Labute approximate surface area is 213 Å². The fourth-order valence-corrected chi connectivity index (χ4v) is 4.97. The Hall–Kier alpha value is -2.08. The van der Waals surface area contributed by atoms with Gasteiger partial charge in [0.1, 0.15) is 11.3 Å². The van der Waals surface area contributed by atoms with E-state index in [2.05, 4.69) is 46.1 Å². The summed E-state index contributed by atoms with van der Waals surface area (Å²) in [5, 5.41) is 3.85. The molecule has 0 aliphatic carbocycles. The van der Waals surface area contributed by atoms with Crippen molar-refractivity contribution >= 4 is 25.2 Å². The third-order valence-corrected chi connectivity index (χ3v) is 11.5. The van der Waals surface area contributed by atoms with Crippen LogP contribution in [0.4, 0.5) is 0 Å². The lowest BCUT2D eigenvalue weighted by molar-refractivity contribution is -0.120. The predicted octanol–water partition coefficient (Wildman–Crippen LogP) is 7.76. The van der Waals surface area contributed by atoms with Crippen LogP contribution in [-0.4, -0.2) is 20.8 Å². The second-order valence-corrected chi connectivity index (χ2v) is 16.0. The molecule has 0 fully saturated rings. The molecule has 0 atom stereocenters. The van der Waals surface area contributed by atoms with Crippen LogP contribution in [-0.2, 0) is 11.2 Å². The van der Waals surface area contributed by atoms with Crippen molar-refractivity contribution in [3.63, 3.8) is 0 Å². The van der Waals surface area contributed by atoms with Gasteiger partial charge in [0.05, 0.1) is 6.42 Å². The Morgan fingerprint density at radius 3 is 2.14 bits per heavy atom. The van der Waals surface area contributed by atoms with Crippen molar-refractivity contribution in [1.82, 2.24) is 5.32 Å². The quantitative estimate of drug-likeness (QED) is 0.154. The van der Waals surface area contributed by atoms with Crippen LogP contribution in [0, 0.1) is 0 Å². The highest BCUT2D eigenvalue weighted by molar-refractivity contribution is 6.74. The molecule has 0 unspecified atom stereocenters. The van der Waals surface area contributed by atoms with E-state index in [0.29, 0.717) is 23.4 Å². The summed E-state index contributed by atoms with van der Waals surface area (Å²) in [6.07, 6.45) is 12.9. The van der Waals surface area contributed by atoms with Gasteiger partial charge in [-0.25, -0.2) is 4.79 Å². The number of carbonyl (C=O) groups is 1. The zero-order chi connectivity index (χ0) is 25.9. The predicted molar refractivity (Wildman–Crippen MR) is 149 cm³/mol. The molecule has 2 aromatic rings. The van der Waals surface area contributed by atoms with Gasteiger partial charge in [-0.15, -0.1) is 0 Å². The molecule has 0 saturated carbocycles. The first-order valence-electron chi connectivity index (χ1n) is 13.6. The van der Waals surface area contributed by atoms with E-state index in [9.17, 15) is 9.59 Å². The maximum Gasteiger partial charge on any atom is 0.336 e. The lowest BCUT2D eigenvalue weighted by Crippen LogP contribution is -2.43. The van der Waals surface area contributed by atoms with Gasteiger partial charge in [0.2, 0.25) is 14.2 Å². The molecule has 2 rings (SSSR count). The van der Waals surface area contributed by atoms with Crippen molar-refractivity contribution in [2.75, 3.05) is 6.54 Å². The first-order valence-corrected chi connectivity index (χ1v) is 16.5. The molecular formula is C29H47NO4Si. The summed E-state index contributed by atoms with van der Waals surface area (Å²) in [5.74, 6) is 0.643. The van der Waals surface area contributed by atoms with E-state index in [1.807, 2.05) is 12.1 Å². The first-order chi connectivity index (χ1) is 16.5. The number of benzene rings is 1. The average Bonchev–Trinajstić information content (AvgIpc) is 2.76. The molecular weight excluding hydrogens is 454 g/mol. The van der Waals surface area contributed by atoms with Gasteiger partial charge in [-0.05, 0) is 42.2 Å². The van der Waals surface area contributed by atoms with Gasteiger partial charge in [0, 0.05) is 24.1 Å². The molecule has 0 aliphatic rings. The normalized spacial score (nSPS) is 12.2. The van der Waals surface area contributed by atoms with Gasteiger partial charge in [-0.3, -0.25) is 4.79 Å². The fraction of sp³-hybridized carbons (Fsp3) is 0.655. The minimum atomic E-state index is -2.01. The van der Waals surface area contributed by atoms with Crippen LogP contribution in [0.2, 0.25) is 18.1 Å². The summed E-state index contributed by atoms with van der Waals surface area (Å²) in [4.78, 5) is 24.7. The third-order valence-electron chi connectivity index (χ3n) is 7.18. The van der Waals surface area contributed by atoms with Crippen molar-refractivity contribution in [3.05, 3.63) is 40.2 Å². The van der Waals surface area contributed by atoms with Crippen LogP contribution in [0.15, 0.2) is 33.5 Å². The lowest BCUT2D eigenvalue weighted by atomic mass is 10.1. The minimum absolute atomic E-state index is 0.0607. The van der Waals surface area contributed by atoms with Crippen LogP contribution in [0.1, 0.15) is 97.5 Å². The number of unbranched alkanes of at least 4 members (excludes halogenated alkanes) is 9. The summed E-state index contributed by atoms with van der Waals surface area (Å²) >= 11 is 0. The smallest absolute Gasteiger partial charge is 0.336 e. The summed E-state index contributed by atoms with van der Waals surface area (Å²) in [6, 6.07) is 7.01. The molecule has 1 heterocycles. The molecule has 35 heavy (non-hydrogen) atoms. The molecule has 0 saturated heterocycles. The van der Waals surface area contributed by atoms with E-state index in [-0.39, 0.29) is 17.4 Å². The van der Waals surface area contributed by atoms with Crippen LogP contribution >= 0.6 is 0 Å². The van der Waals surface area contributed by atoms with Crippen LogP contribution in [0.5, 0.6) is 5.75 Å². The highest BCUT2D eigenvalue weighted by Crippen LogP contribution is 2.38. The van der Waals surface area contributed by atoms with Crippen molar-refractivity contribution in [1.29, 1.82) is 0 Å². The largest absolute Gasteiger partial charge is 0.543 e. The molecule has 1 N–H and O–H groups in total. The standard InChI is InChI=1S/C29H47NO4Si/c1-7-8-9-10-11-12-13-14-15-16-19-30-27(31)20-23-21-28(32)33-26-22-24(17-18-25(23)26)34-35(5,6)29(2,3)4/h17-18,21-22H,7-16,19-20H2,1-6H3,(H,30,31). The van der Waals surface area contributed by atoms with Gasteiger partial charge in [-0.2, -0.15) is 0 Å². The molecule has 0 bridgehead atoms. The highest BCUT2D eigenvalue weighted by Gasteiger charge is 2.39. The Balaban J connectivity index is 1.83. The second-order valence-electron chi connectivity index (χ2n) is 11.3. The highest BCUT2D eigenvalue weighted by atomic mass is 28.4. The summed E-state index contributed by atoms with van der Waals surface area (Å²) in [5.41, 5.74) is 0.710. The Morgan fingerprint density at radius 1 is 0.943 bits per heavy atom. The summed E-state index contributed by atoms with van der Waals surface area (Å²) in [7, 11) is -2.01. The SMILES string of the molecule is CCCCCCCCCCCCNC(=O)Cc1cc(=O)oc2cc(O[Si](C)(C)C(C)(C)C)ccc12. The topological polar surface area (TPSA) is 68.5 Å². The maximum atomic E-state index is 12.5. The van der Waals surface area contributed by atoms with Gasteiger partial charge in [0.15, 0.2) is 0 Å². The van der Waals surface area contributed by atoms with E-state index in [1.54, 1.807) is 6.07 Å². The summed E-state index contributed by atoms with van der Waals surface area (Å²) < 4.78 is 11.8. The van der Waals surface area contributed by atoms with E-state index >= 15 is 0 Å². The molecule has 196 valence electrons.